The summed E-state index contributed by atoms with van der Waals surface area (Å²) in [6, 6.07) is 0. The Bertz CT molecular complexity index is 298. The highest BCUT2D eigenvalue weighted by atomic mass is 16.2. The summed E-state index contributed by atoms with van der Waals surface area (Å²) in [5.41, 5.74) is 0. The second kappa shape index (κ2) is 5.49. The zero-order valence-corrected chi connectivity index (χ0v) is 10.3. The smallest absolute Gasteiger partial charge is 0.223 e. The summed E-state index contributed by atoms with van der Waals surface area (Å²) >= 11 is 0. The van der Waals surface area contributed by atoms with E-state index in [1.807, 2.05) is 6.92 Å². The van der Waals surface area contributed by atoms with Gasteiger partial charge in [-0.1, -0.05) is 6.92 Å². The van der Waals surface area contributed by atoms with Gasteiger partial charge in [0.2, 0.25) is 11.8 Å². The van der Waals surface area contributed by atoms with Gasteiger partial charge in [0.25, 0.3) is 0 Å². The van der Waals surface area contributed by atoms with Gasteiger partial charge in [0, 0.05) is 24.9 Å². The fourth-order valence-corrected chi connectivity index (χ4v) is 1.90. The maximum absolute atomic E-state index is 11.7. The van der Waals surface area contributed by atoms with Gasteiger partial charge in [0.1, 0.15) is 0 Å². The zero-order chi connectivity index (χ0) is 12.3. The van der Waals surface area contributed by atoms with E-state index in [1.165, 1.54) is 0 Å². The molecule has 1 aliphatic carbocycles. The van der Waals surface area contributed by atoms with Crippen LogP contribution in [0.25, 0.3) is 0 Å². The van der Waals surface area contributed by atoms with Crippen LogP contribution in [0.5, 0.6) is 0 Å². The van der Waals surface area contributed by atoms with Gasteiger partial charge in [-0.2, -0.15) is 0 Å². The van der Waals surface area contributed by atoms with Crippen molar-refractivity contribution in [3.05, 3.63) is 0 Å². The predicted octanol–water partition coefficient (Wildman–Crippen LogP) is -0.516. The minimum absolute atomic E-state index is 0.0652. The molecule has 2 fully saturated rings. The quantitative estimate of drug-likeness (QED) is 0.546. The number of hydrogen-bond acceptors (Lipinski definition) is 3. The number of carbonyl (C=O) groups is 2. The van der Waals surface area contributed by atoms with Crippen LogP contribution >= 0.6 is 0 Å². The van der Waals surface area contributed by atoms with Gasteiger partial charge in [-0.3, -0.25) is 9.59 Å². The lowest BCUT2D eigenvalue weighted by atomic mass is 9.88. The molecule has 1 atom stereocenters. The minimum atomic E-state index is 0.0652. The van der Waals surface area contributed by atoms with Gasteiger partial charge in [-0.05, 0) is 31.8 Å². The monoisotopic (exact) mass is 239 g/mol. The SMILES string of the molecule is CC(C(=O)NCCNC(=O)C1CC1)C1CNC1. The van der Waals surface area contributed by atoms with Crippen LogP contribution in [0.2, 0.25) is 0 Å². The van der Waals surface area contributed by atoms with Crippen LogP contribution < -0.4 is 16.0 Å². The highest BCUT2D eigenvalue weighted by Crippen LogP contribution is 2.28. The Hall–Kier alpha value is -1.10. The average Bonchev–Trinajstić information content (AvgIpc) is 3.04. The molecule has 2 aliphatic rings. The molecule has 5 heteroatoms. The van der Waals surface area contributed by atoms with Crippen molar-refractivity contribution in [2.75, 3.05) is 26.2 Å². The van der Waals surface area contributed by atoms with Crippen molar-refractivity contribution in [3.8, 4) is 0 Å². The minimum Gasteiger partial charge on any atom is -0.354 e. The standard InChI is InChI=1S/C12H21N3O2/c1-8(10-6-13-7-10)11(16)14-4-5-15-12(17)9-2-3-9/h8-10,13H,2-7H2,1H3,(H,14,16)(H,15,17). The summed E-state index contributed by atoms with van der Waals surface area (Å²) in [6.07, 6.45) is 2.04. The topological polar surface area (TPSA) is 70.2 Å². The lowest BCUT2D eigenvalue weighted by Crippen LogP contribution is -2.50. The number of amides is 2. The highest BCUT2D eigenvalue weighted by molar-refractivity contribution is 5.81. The molecule has 3 N–H and O–H groups in total. The van der Waals surface area contributed by atoms with Crippen LogP contribution in [0.4, 0.5) is 0 Å². The Balaban J connectivity index is 1.54. The second-order valence-electron chi connectivity index (χ2n) is 5.06. The predicted molar refractivity (Wildman–Crippen MR) is 64.3 cm³/mol. The van der Waals surface area contributed by atoms with Crippen molar-refractivity contribution < 1.29 is 9.59 Å². The molecule has 1 heterocycles. The fourth-order valence-electron chi connectivity index (χ4n) is 1.90. The van der Waals surface area contributed by atoms with Gasteiger partial charge < -0.3 is 16.0 Å². The maximum atomic E-state index is 11.7. The number of nitrogens with one attached hydrogen (secondary N) is 3. The third-order valence-corrected chi connectivity index (χ3v) is 3.61. The summed E-state index contributed by atoms with van der Waals surface area (Å²) in [4.78, 5) is 23.0. The summed E-state index contributed by atoms with van der Waals surface area (Å²) < 4.78 is 0. The largest absolute Gasteiger partial charge is 0.354 e. The Kier molecular flexibility index (Phi) is 3.99. The van der Waals surface area contributed by atoms with E-state index < -0.39 is 0 Å². The molecule has 0 spiro atoms. The summed E-state index contributed by atoms with van der Waals surface area (Å²) in [7, 11) is 0. The first-order valence-electron chi connectivity index (χ1n) is 6.44. The van der Waals surface area contributed by atoms with Crippen molar-refractivity contribution in [1.29, 1.82) is 0 Å². The Morgan fingerprint density at radius 2 is 1.88 bits per heavy atom. The third-order valence-electron chi connectivity index (χ3n) is 3.61. The van der Waals surface area contributed by atoms with E-state index in [-0.39, 0.29) is 23.7 Å². The van der Waals surface area contributed by atoms with Gasteiger partial charge in [-0.15, -0.1) is 0 Å². The van der Waals surface area contributed by atoms with Crippen LogP contribution in [0.1, 0.15) is 19.8 Å². The summed E-state index contributed by atoms with van der Waals surface area (Å²) in [5.74, 6) is 1.00. The number of hydrogen-bond donors (Lipinski definition) is 3. The normalized spacial score (nSPS) is 21.5. The molecular weight excluding hydrogens is 218 g/mol. The lowest BCUT2D eigenvalue weighted by molar-refractivity contribution is -0.127. The van der Waals surface area contributed by atoms with Crippen molar-refractivity contribution in [2.45, 2.75) is 19.8 Å². The number of carbonyl (C=O) groups excluding carboxylic acids is 2. The average molecular weight is 239 g/mol. The van der Waals surface area contributed by atoms with Crippen LogP contribution in [-0.4, -0.2) is 38.0 Å². The third kappa shape index (κ3) is 3.43. The van der Waals surface area contributed by atoms with E-state index in [1.54, 1.807) is 0 Å². The van der Waals surface area contributed by atoms with Gasteiger partial charge in [0.05, 0.1) is 0 Å². The molecule has 1 unspecified atom stereocenters. The maximum Gasteiger partial charge on any atom is 0.223 e. The molecule has 1 aliphatic heterocycles. The molecule has 1 saturated carbocycles. The van der Waals surface area contributed by atoms with E-state index in [0.29, 0.717) is 19.0 Å². The van der Waals surface area contributed by atoms with Crippen LogP contribution in [0, 0.1) is 17.8 Å². The molecule has 2 rings (SSSR count). The lowest BCUT2D eigenvalue weighted by Gasteiger charge is -2.31. The molecule has 17 heavy (non-hydrogen) atoms. The molecule has 96 valence electrons. The van der Waals surface area contributed by atoms with Gasteiger partial charge >= 0.3 is 0 Å². The summed E-state index contributed by atoms with van der Waals surface area (Å²) in [6.45, 7) is 4.90. The Morgan fingerprint density at radius 1 is 1.24 bits per heavy atom. The van der Waals surface area contributed by atoms with E-state index in [0.717, 1.165) is 25.9 Å². The molecule has 0 aromatic heterocycles. The number of rotatable bonds is 6. The van der Waals surface area contributed by atoms with Crippen molar-refractivity contribution in [1.82, 2.24) is 16.0 Å². The zero-order valence-electron chi connectivity index (χ0n) is 10.3. The van der Waals surface area contributed by atoms with Crippen molar-refractivity contribution >= 4 is 11.8 Å². The fraction of sp³-hybridized carbons (Fsp3) is 0.833. The summed E-state index contributed by atoms with van der Waals surface area (Å²) in [5, 5.41) is 8.86. The first-order valence-corrected chi connectivity index (χ1v) is 6.44. The molecule has 0 aromatic carbocycles. The first-order chi connectivity index (χ1) is 8.18. The second-order valence-corrected chi connectivity index (χ2v) is 5.06. The van der Waals surface area contributed by atoms with Gasteiger partial charge in [0.15, 0.2) is 0 Å². The highest BCUT2D eigenvalue weighted by Gasteiger charge is 2.30. The van der Waals surface area contributed by atoms with Crippen LogP contribution in [0.3, 0.4) is 0 Å². The Labute approximate surface area is 102 Å². The molecule has 1 saturated heterocycles. The first kappa shape index (κ1) is 12.4. The van der Waals surface area contributed by atoms with E-state index in [9.17, 15) is 9.59 Å². The van der Waals surface area contributed by atoms with Crippen LogP contribution in [-0.2, 0) is 9.59 Å². The molecule has 2 amide bonds. The van der Waals surface area contributed by atoms with E-state index >= 15 is 0 Å². The van der Waals surface area contributed by atoms with E-state index in [2.05, 4.69) is 16.0 Å². The van der Waals surface area contributed by atoms with Gasteiger partial charge in [-0.25, -0.2) is 0 Å². The van der Waals surface area contributed by atoms with Crippen molar-refractivity contribution in [3.63, 3.8) is 0 Å². The molecular formula is C12H21N3O2. The molecule has 0 aromatic rings. The molecule has 0 bridgehead atoms. The molecule has 0 radical (unpaired) electrons. The molecule has 5 nitrogen and oxygen atoms in total. The van der Waals surface area contributed by atoms with Crippen molar-refractivity contribution in [2.24, 2.45) is 17.8 Å². The van der Waals surface area contributed by atoms with Crippen LogP contribution in [0.15, 0.2) is 0 Å². The van der Waals surface area contributed by atoms with E-state index in [4.69, 9.17) is 0 Å². The Morgan fingerprint density at radius 3 is 2.41 bits per heavy atom.